The first-order chi connectivity index (χ1) is 11.2. The third-order valence-electron chi connectivity index (χ3n) is 4.42. The van der Waals surface area contributed by atoms with E-state index in [1.807, 2.05) is 6.07 Å². The van der Waals surface area contributed by atoms with Crippen molar-refractivity contribution >= 4 is 5.91 Å². The summed E-state index contributed by atoms with van der Waals surface area (Å²) >= 11 is 0. The van der Waals surface area contributed by atoms with Crippen LogP contribution in [-0.4, -0.2) is 30.5 Å². The first kappa shape index (κ1) is 17.8. The average molecular weight is 319 g/mol. The molecule has 1 heterocycles. The van der Waals surface area contributed by atoms with Gasteiger partial charge in [0.05, 0.1) is 6.61 Å². The fraction of sp³-hybridized carbons (Fsp3) is 0.611. The van der Waals surface area contributed by atoms with Crippen LogP contribution in [0.2, 0.25) is 0 Å². The summed E-state index contributed by atoms with van der Waals surface area (Å²) in [5.41, 5.74) is 3.52. The Labute approximate surface area is 139 Å². The van der Waals surface area contributed by atoms with Crippen molar-refractivity contribution in [1.29, 1.82) is 0 Å². The monoisotopic (exact) mass is 319 g/mol. The van der Waals surface area contributed by atoms with Gasteiger partial charge < -0.3 is 4.74 Å². The summed E-state index contributed by atoms with van der Waals surface area (Å²) in [6.07, 6.45) is 5.27. The van der Waals surface area contributed by atoms with Gasteiger partial charge in [0, 0.05) is 12.5 Å². The number of hydrogen-bond acceptors (Lipinski definition) is 4. The standard InChI is InChI=1S/C18H29N3O2/c1-2-3-4-12-23-17-7-5-6-15(13-17)14-21-10-8-16(9-11-21)18(22)20-19/h5-7,13,16H,2-4,8-12,14,19H2,1H3,(H,20,22). The number of amides is 1. The number of benzene rings is 1. The lowest BCUT2D eigenvalue weighted by Gasteiger charge is -2.31. The van der Waals surface area contributed by atoms with E-state index in [1.54, 1.807) is 0 Å². The van der Waals surface area contributed by atoms with Gasteiger partial charge in [-0.15, -0.1) is 0 Å². The number of carbonyl (C=O) groups is 1. The summed E-state index contributed by atoms with van der Waals surface area (Å²) < 4.78 is 5.82. The molecule has 128 valence electrons. The first-order valence-corrected chi connectivity index (χ1v) is 8.67. The van der Waals surface area contributed by atoms with E-state index in [0.29, 0.717) is 0 Å². The minimum Gasteiger partial charge on any atom is -0.494 e. The molecule has 23 heavy (non-hydrogen) atoms. The van der Waals surface area contributed by atoms with Crippen LogP contribution in [0.15, 0.2) is 24.3 Å². The van der Waals surface area contributed by atoms with Crippen molar-refractivity contribution in [3.63, 3.8) is 0 Å². The van der Waals surface area contributed by atoms with Crippen molar-refractivity contribution in [3.8, 4) is 5.75 Å². The number of carbonyl (C=O) groups excluding carboxylic acids is 1. The van der Waals surface area contributed by atoms with Crippen molar-refractivity contribution < 1.29 is 9.53 Å². The van der Waals surface area contributed by atoms with Crippen LogP contribution < -0.4 is 16.0 Å². The molecule has 0 radical (unpaired) electrons. The molecule has 1 aliphatic heterocycles. The lowest BCUT2D eigenvalue weighted by atomic mass is 9.96. The van der Waals surface area contributed by atoms with Gasteiger partial charge in [-0.1, -0.05) is 31.9 Å². The van der Waals surface area contributed by atoms with Gasteiger partial charge in [-0.25, -0.2) is 5.84 Å². The molecule has 0 spiro atoms. The van der Waals surface area contributed by atoms with Gasteiger partial charge in [-0.2, -0.15) is 0 Å². The van der Waals surface area contributed by atoms with E-state index in [-0.39, 0.29) is 11.8 Å². The highest BCUT2D eigenvalue weighted by Gasteiger charge is 2.24. The van der Waals surface area contributed by atoms with Crippen LogP contribution >= 0.6 is 0 Å². The van der Waals surface area contributed by atoms with Gasteiger partial charge in [0.15, 0.2) is 0 Å². The minimum absolute atomic E-state index is 0.0351. The summed E-state index contributed by atoms with van der Waals surface area (Å²) in [7, 11) is 0. The van der Waals surface area contributed by atoms with Gasteiger partial charge in [0.2, 0.25) is 5.91 Å². The minimum atomic E-state index is -0.0351. The van der Waals surface area contributed by atoms with Crippen molar-refractivity contribution in [3.05, 3.63) is 29.8 Å². The fourth-order valence-electron chi connectivity index (χ4n) is 3.01. The van der Waals surface area contributed by atoms with Crippen LogP contribution in [-0.2, 0) is 11.3 Å². The van der Waals surface area contributed by atoms with E-state index in [2.05, 4.69) is 35.4 Å². The Balaban J connectivity index is 1.78. The highest BCUT2D eigenvalue weighted by molar-refractivity contribution is 5.78. The molecule has 1 amide bonds. The predicted molar refractivity (Wildman–Crippen MR) is 91.8 cm³/mol. The third kappa shape index (κ3) is 5.84. The number of likely N-dealkylation sites (tertiary alicyclic amines) is 1. The molecular formula is C18H29N3O2. The van der Waals surface area contributed by atoms with Crippen LogP contribution in [0.1, 0.15) is 44.6 Å². The summed E-state index contributed by atoms with van der Waals surface area (Å²) in [6.45, 7) is 5.75. The quantitative estimate of drug-likeness (QED) is 0.334. The molecule has 1 saturated heterocycles. The van der Waals surface area contributed by atoms with Crippen molar-refractivity contribution in [2.75, 3.05) is 19.7 Å². The molecule has 1 aromatic rings. The molecule has 1 aliphatic rings. The molecule has 1 fully saturated rings. The zero-order chi connectivity index (χ0) is 16.5. The van der Waals surface area contributed by atoms with Crippen molar-refractivity contribution in [1.82, 2.24) is 10.3 Å². The number of unbranched alkanes of at least 4 members (excludes halogenated alkanes) is 2. The van der Waals surface area contributed by atoms with Crippen LogP contribution in [0, 0.1) is 5.92 Å². The Morgan fingerprint density at radius 1 is 1.35 bits per heavy atom. The number of nitrogens with one attached hydrogen (secondary N) is 1. The van der Waals surface area contributed by atoms with Crippen LogP contribution in [0.5, 0.6) is 5.75 Å². The molecule has 0 aromatic heterocycles. The van der Waals surface area contributed by atoms with Gasteiger partial charge >= 0.3 is 0 Å². The molecule has 0 bridgehead atoms. The third-order valence-corrected chi connectivity index (χ3v) is 4.42. The second-order valence-corrected chi connectivity index (χ2v) is 6.26. The summed E-state index contributed by atoms with van der Waals surface area (Å²) in [4.78, 5) is 13.9. The van der Waals surface area contributed by atoms with E-state index < -0.39 is 0 Å². The molecule has 0 saturated carbocycles. The summed E-state index contributed by atoms with van der Waals surface area (Å²) in [5, 5.41) is 0. The van der Waals surface area contributed by atoms with Crippen molar-refractivity contribution in [2.45, 2.75) is 45.6 Å². The van der Waals surface area contributed by atoms with E-state index >= 15 is 0 Å². The van der Waals surface area contributed by atoms with E-state index in [4.69, 9.17) is 10.6 Å². The number of ether oxygens (including phenoxy) is 1. The molecule has 0 atom stereocenters. The highest BCUT2D eigenvalue weighted by atomic mass is 16.5. The number of rotatable bonds is 8. The van der Waals surface area contributed by atoms with E-state index in [0.717, 1.165) is 51.3 Å². The Kier molecular flexibility index (Phi) is 7.36. The molecule has 5 heteroatoms. The maximum atomic E-state index is 11.6. The molecule has 2 rings (SSSR count). The number of nitrogens with zero attached hydrogens (tertiary/aromatic N) is 1. The topological polar surface area (TPSA) is 67.6 Å². The van der Waals surface area contributed by atoms with Gasteiger partial charge in [-0.05, 0) is 50.0 Å². The number of hydrogen-bond donors (Lipinski definition) is 2. The molecule has 1 aromatic carbocycles. The lowest BCUT2D eigenvalue weighted by molar-refractivity contribution is -0.126. The Morgan fingerprint density at radius 2 is 2.13 bits per heavy atom. The van der Waals surface area contributed by atoms with Gasteiger partial charge in [0.1, 0.15) is 5.75 Å². The van der Waals surface area contributed by atoms with Crippen LogP contribution in [0.3, 0.4) is 0 Å². The summed E-state index contributed by atoms with van der Waals surface area (Å²) in [6, 6.07) is 8.34. The first-order valence-electron chi connectivity index (χ1n) is 8.67. The summed E-state index contributed by atoms with van der Waals surface area (Å²) in [5.74, 6) is 6.19. The molecule has 5 nitrogen and oxygen atoms in total. The second kappa shape index (κ2) is 9.53. The Hall–Kier alpha value is -1.59. The smallest absolute Gasteiger partial charge is 0.237 e. The second-order valence-electron chi connectivity index (χ2n) is 6.26. The van der Waals surface area contributed by atoms with Gasteiger partial charge in [-0.3, -0.25) is 15.1 Å². The normalized spacial score (nSPS) is 16.3. The Bertz CT molecular complexity index is 485. The van der Waals surface area contributed by atoms with Gasteiger partial charge in [0.25, 0.3) is 0 Å². The average Bonchev–Trinajstić information content (AvgIpc) is 2.59. The van der Waals surface area contributed by atoms with Crippen LogP contribution in [0.4, 0.5) is 0 Å². The Morgan fingerprint density at radius 3 is 2.83 bits per heavy atom. The zero-order valence-corrected chi connectivity index (χ0v) is 14.1. The lowest BCUT2D eigenvalue weighted by Crippen LogP contribution is -2.42. The molecule has 0 unspecified atom stereocenters. The van der Waals surface area contributed by atoms with E-state index in [1.165, 1.54) is 18.4 Å². The molecule has 3 N–H and O–H groups in total. The number of hydrazine groups is 1. The number of nitrogens with two attached hydrogens (primary N) is 1. The zero-order valence-electron chi connectivity index (χ0n) is 14.1. The molecular weight excluding hydrogens is 290 g/mol. The van der Waals surface area contributed by atoms with Crippen molar-refractivity contribution in [2.24, 2.45) is 11.8 Å². The maximum absolute atomic E-state index is 11.6. The van der Waals surface area contributed by atoms with E-state index in [9.17, 15) is 4.79 Å². The van der Waals surface area contributed by atoms with Crippen LogP contribution in [0.25, 0.3) is 0 Å². The maximum Gasteiger partial charge on any atom is 0.237 e. The molecule has 0 aliphatic carbocycles. The highest BCUT2D eigenvalue weighted by Crippen LogP contribution is 2.21. The predicted octanol–water partition coefficient (Wildman–Crippen LogP) is 2.46. The number of piperidine rings is 1. The fourth-order valence-corrected chi connectivity index (χ4v) is 3.01. The SMILES string of the molecule is CCCCCOc1cccc(CN2CCC(C(=O)NN)CC2)c1. The largest absolute Gasteiger partial charge is 0.494 e.